The number of carbonyl (C=O) groups is 4. The molecular formula is C21H39N3O5S2. The summed E-state index contributed by atoms with van der Waals surface area (Å²) in [5, 5.41) is 15.1. The number of hydrogen-bond donors (Lipinski definition) is 4. The van der Waals surface area contributed by atoms with Crippen molar-refractivity contribution in [1.82, 2.24) is 10.6 Å². The molecule has 0 bridgehead atoms. The average Bonchev–Trinajstić information content (AvgIpc) is 2.72. The molecular weight excluding hydrogens is 438 g/mol. The van der Waals surface area contributed by atoms with Crippen molar-refractivity contribution in [3.8, 4) is 0 Å². The first-order valence-corrected chi connectivity index (χ1v) is 13.3. The van der Waals surface area contributed by atoms with E-state index in [1.54, 1.807) is 0 Å². The third-order valence-electron chi connectivity index (χ3n) is 5.35. The van der Waals surface area contributed by atoms with E-state index in [2.05, 4.69) is 10.6 Å². The molecule has 0 amide bonds. The molecule has 0 radical (unpaired) electrons. The van der Waals surface area contributed by atoms with Crippen molar-refractivity contribution in [1.29, 1.82) is 0 Å². The van der Waals surface area contributed by atoms with Crippen molar-refractivity contribution in [2.24, 2.45) is 17.6 Å². The quantitative estimate of drug-likeness (QED) is 0.161. The van der Waals surface area contributed by atoms with Crippen LogP contribution in [0.3, 0.4) is 0 Å². The molecule has 0 saturated heterocycles. The van der Waals surface area contributed by atoms with Gasteiger partial charge in [0.2, 0.25) is 0 Å². The van der Waals surface area contributed by atoms with Crippen LogP contribution in [0.15, 0.2) is 0 Å². The largest absolute Gasteiger partial charge is 0.480 e. The van der Waals surface area contributed by atoms with Crippen LogP contribution < -0.4 is 16.4 Å². The summed E-state index contributed by atoms with van der Waals surface area (Å²) in [7, 11) is 2.89. The minimum Gasteiger partial charge on any atom is -0.480 e. The fourth-order valence-electron chi connectivity index (χ4n) is 2.83. The zero-order valence-corrected chi connectivity index (χ0v) is 20.9. The van der Waals surface area contributed by atoms with Crippen LogP contribution in [0.5, 0.6) is 0 Å². The highest BCUT2D eigenvalue weighted by atomic mass is 33.1. The molecule has 0 heterocycles. The Morgan fingerprint density at radius 2 is 1.48 bits per heavy atom. The van der Waals surface area contributed by atoms with Crippen LogP contribution in [0, 0.1) is 11.8 Å². The lowest BCUT2D eigenvalue weighted by Gasteiger charge is -2.22. The maximum Gasteiger partial charge on any atom is 0.320 e. The lowest BCUT2D eigenvalue weighted by molar-refractivity contribution is -0.141. The van der Waals surface area contributed by atoms with E-state index in [4.69, 9.17) is 5.73 Å². The van der Waals surface area contributed by atoms with E-state index in [0.717, 1.165) is 6.42 Å². The van der Waals surface area contributed by atoms with Gasteiger partial charge in [-0.3, -0.25) is 24.5 Å². The van der Waals surface area contributed by atoms with Crippen molar-refractivity contribution in [3.63, 3.8) is 0 Å². The van der Waals surface area contributed by atoms with Crippen LogP contribution in [-0.2, 0) is 19.2 Å². The van der Waals surface area contributed by atoms with Gasteiger partial charge in [0, 0.05) is 17.9 Å². The highest BCUT2D eigenvalue weighted by Gasteiger charge is 2.24. The minimum atomic E-state index is -0.945. The summed E-state index contributed by atoms with van der Waals surface area (Å²) in [4.78, 5) is 47.2. The summed E-state index contributed by atoms with van der Waals surface area (Å²) >= 11 is 0. The number of Topliss-reactive ketones (excluding diaryl/α,β-unsaturated/α-hetero) is 3. The van der Waals surface area contributed by atoms with Crippen molar-refractivity contribution < 1.29 is 24.3 Å². The first kappa shape index (κ1) is 30.1. The first-order valence-electron chi connectivity index (χ1n) is 10.8. The molecule has 8 nitrogen and oxygen atoms in total. The summed E-state index contributed by atoms with van der Waals surface area (Å²) in [5.41, 5.74) is 5.94. The Morgan fingerprint density at radius 3 is 2.00 bits per heavy atom. The average molecular weight is 478 g/mol. The van der Waals surface area contributed by atoms with E-state index in [1.165, 1.54) is 28.5 Å². The van der Waals surface area contributed by atoms with Crippen molar-refractivity contribution in [2.75, 3.05) is 24.6 Å². The number of rotatable bonds is 19. The maximum absolute atomic E-state index is 12.2. The smallest absolute Gasteiger partial charge is 0.320 e. The predicted molar refractivity (Wildman–Crippen MR) is 128 cm³/mol. The standard InChI is InChI=1S/C21H39N3O5S2/c1-6-13(3)19(15(5)25)24-11-18(27)17(22)12-31-30-9-8-16(26)10-23-20(21(28)29)14(4)7-2/h13-14,17,19-20,23-24H,6-12,22H2,1-5H3,(H,28,29)/t13-,14-,17-,19-,20-/m0/s1. The van der Waals surface area contributed by atoms with Gasteiger partial charge < -0.3 is 16.2 Å². The summed E-state index contributed by atoms with van der Waals surface area (Å²) in [5.74, 6) is -0.0564. The Balaban J connectivity index is 4.10. The van der Waals surface area contributed by atoms with Crippen LogP contribution in [0.1, 0.15) is 53.9 Å². The predicted octanol–water partition coefficient (Wildman–Crippen LogP) is 1.91. The van der Waals surface area contributed by atoms with Crippen LogP contribution >= 0.6 is 21.6 Å². The molecule has 0 fully saturated rings. The molecule has 0 saturated carbocycles. The Kier molecular flexibility index (Phi) is 16.2. The van der Waals surface area contributed by atoms with E-state index in [1.807, 2.05) is 27.7 Å². The SMILES string of the molecule is CC[C@H](C)[C@H](NCC(=O)[C@@H](N)CSSCCC(=O)CN[C@H](C(=O)O)[C@@H](C)CC)C(C)=O. The van der Waals surface area contributed by atoms with Crippen molar-refractivity contribution in [3.05, 3.63) is 0 Å². The van der Waals surface area contributed by atoms with Crippen molar-refractivity contribution >= 4 is 44.9 Å². The Morgan fingerprint density at radius 1 is 0.935 bits per heavy atom. The van der Waals surface area contributed by atoms with Crippen LogP contribution in [0.25, 0.3) is 0 Å². The number of carboxylic acids is 1. The monoisotopic (exact) mass is 477 g/mol. The fraction of sp³-hybridized carbons (Fsp3) is 0.810. The van der Waals surface area contributed by atoms with E-state index >= 15 is 0 Å². The summed E-state index contributed by atoms with van der Waals surface area (Å²) in [6.07, 6.45) is 1.87. The third kappa shape index (κ3) is 12.6. The van der Waals surface area contributed by atoms with Gasteiger partial charge in [0.15, 0.2) is 5.78 Å². The second-order valence-electron chi connectivity index (χ2n) is 7.91. The third-order valence-corrected chi connectivity index (χ3v) is 7.79. The Hall–Kier alpha value is -0.940. The van der Waals surface area contributed by atoms with Crippen molar-refractivity contribution in [2.45, 2.75) is 72.0 Å². The van der Waals surface area contributed by atoms with Gasteiger partial charge in [-0.05, 0) is 18.8 Å². The summed E-state index contributed by atoms with van der Waals surface area (Å²) in [6, 6.07) is -1.71. The van der Waals surface area contributed by atoms with Crippen LogP contribution in [-0.4, -0.2) is 71.1 Å². The van der Waals surface area contributed by atoms with Gasteiger partial charge in [-0.2, -0.15) is 0 Å². The van der Waals surface area contributed by atoms with Gasteiger partial charge in [0.05, 0.1) is 25.2 Å². The topological polar surface area (TPSA) is 139 Å². The van der Waals surface area contributed by atoms with E-state index in [9.17, 15) is 24.3 Å². The first-order chi connectivity index (χ1) is 14.5. The Labute approximate surface area is 194 Å². The normalized spacial score (nSPS) is 16.2. The number of nitrogens with one attached hydrogen (secondary N) is 2. The second kappa shape index (κ2) is 16.7. The molecule has 0 aliphatic rings. The van der Waals surface area contributed by atoms with E-state index in [-0.39, 0.29) is 48.3 Å². The molecule has 10 heteroatoms. The van der Waals surface area contributed by atoms with Gasteiger partial charge in [-0.25, -0.2) is 0 Å². The number of ketones is 3. The zero-order chi connectivity index (χ0) is 24.0. The fourth-order valence-corrected chi connectivity index (χ4v) is 5.02. The van der Waals surface area contributed by atoms with E-state index < -0.39 is 18.1 Å². The molecule has 0 aromatic heterocycles. The molecule has 0 aromatic rings. The highest BCUT2D eigenvalue weighted by molar-refractivity contribution is 8.76. The number of nitrogens with two attached hydrogens (primary N) is 1. The second-order valence-corrected chi connectivity index (χ2v) is 10.5. The molecule has 5 N–H and O–H groups in total. The van der Waals surface area contributed by atoms with Gasteiger partial charge >= 0.3 is 5.97 Å². The lowest BCUT2D eigenvalue weighted by atomic mass is 9.96. The molecule has 0 aliphatic heterocycles. The molecule has 0 rings (SSSR count). The summed E-state index contributed by atoms with van der Waals surface area (Å²) in [6.45, 7) is 9.34. The van der Waals surface area contributed by atoms with Gasteiger partial charge in [0.1, 0.15) is 17.6 Å². The number of carboxylic acid groups (broad SMARTS) is 1. The van der Waals surface area contributed by atoms with E-state index in [0.29, 0.717) is 24.3 Å². The number of carbonyl (C=O) groups excluding carboxylic acids is 3. The molecule has 0 spiro atoms. The minimum absolute atomic E-state index is 0.0126. The molecule has 5 atom stereocenters. The number of aliphatic carboxylic acids is 1. The van der Waals surface area contributed by atoms with Crippen LogP contribution in [0.4, 0.5) is 0 Å². The number of hydrogen-bond acceptors (Lipinski definition) is 9. The summed E-state index contributed by atoms with van der Waals surface area (Å²) < 4.78 is 0. The van der Waals surface area contributed by atoms with Crippen LogP contribution in [0.2, 0.25) is 0 Å². The molecule has 0 aliphatic carbocycles. The lowest BCUT2D eigenvalue weighted by Crippen LogP contribution is -2.47. The molecule has 0 aromatic carbocycles. The van der Waals surface area contributed by atoms with Gasteiger partial charge in [-0.1, -0.05) is 62.1 Å². The Bertz CT molecular complexity index is 591. The van der Waals surface area contributed by atoms with Gasteiger partial charge in [-0.15, -0.1) is 0 Å². The molecule has 180 valence electrons. The molecule has 31 heavy (non-hydrogen) atoms. The maximum atomic E-state index is 12.2. The highest BCUT2D eigenvalue weighted by Crippen LogP contribution is 2.22. The van der Waals surface area contributed by atoms with Gasteiger partial charge in [0.25, 0.3) is 0 Å². The zero-order valence-electron chi connectivity index (χ0n) is 19.3. The molecule has 0 unspecified atom stereocenters.